The van der Waals surface area contributed by atoms with Crippen molar-refractivity contribution >= 4 is 5.91 Å². The summed E-state index contributed by atoms with van der Waals surface area (Å²) >= 11 is 0. The second-order valence-electron chi connectivity index (χ2n) is 4.85. The molecule has 1 saturated carbocycles. The van der Waals surface area contributed by atoms with Crippen LogP contribution >= 0.6 is 0 Å². The molecule has 1 fully saturated rings. The molecule has 3 rings (SSSR count). The molecule has 1 aliphatic carbocycles. The molecule has 0 bridgehead atoms. The third-order valence-corrected chi connectivity index (χ3v) is 3.48. The SMILES string of the molecule is O=C(NC1(CO)CC1)C1Cc2ccccc2O1. The minimum absolute atomic E-state index is 0.0123. The average molecular weight is 233 g/mol. The fourth-order valence-electron chi connectivity index (χ4n) is 2.14. The first-order valence-corrected chi connectivity index (χ1v) is 5.90. The van der Waals surface area contributed by atoms with Crippen molar-refractivity contribution in [1.29, 1.82) is 0 Å². The zero-order valence-electron chi connectivity index (χ0n) is 9.48. The predicted molar refractivity (Wildman–Crippen MR) is 61.8 cm³/mol. The number of para-hydroxylation sites is 1. The Balaban J connectivity index is 1.66. The summed E-state index contributed by atoms with van der Waals surface area (Å²) in [6.07, 6.45) is 1.88. The third-order valence-electron chi connectivity index (χ3n) is 3.48. The molecule has 17 heavy (non-hydrogen) atoms. The molecule has 90 valence electrons. The lowest BCUT2D eigenvalue weighted by Crippen LogP contribution is -2.46. The molecule has 2 N–H and O–H groups in total. The molecule has 1 unspecified atom stereocenters. The van der Waals surface area contributed by atoms with Gasteiger partial charge in [-0.15, -0.1) is 0 Å². The van der Waals surface area contributed by atoms with Crippen LogP contribution in [0.5, 0.6) is 5.75 Å². The molecule has 1 amide bonds. The molecule has 1 heterocycles. The highest BCUT2D eigenvalue weighted by atomic mass is 16.5. The van der Waals surface area contributed by atoms with Crippen LogP contribution < -0.4 is 10.1 Å². The molecule has 4 heteroatoms. The summed E-state index contributed by atoms with van der Waals surface area (Å²) < 4.78 is 5.59. The number of carbonyl (C=O) groups excluding carboxylic acids is 1. The van der Waals surface area contributed by atoms with Gasteiger partial charge in [0.25, 0.3) is 5.91 Å². The highest BCUT2D eigenvalue weighted by Crippen LogP contribution is 2.35. The monoisotopic (exact) mass is 233 g/mol. The highest BCUT2D eigenvalue weighted by molar-refractivity contribution is 5.83. The largest absolute Gasteiger partial charge is 0.480 e. The molecule has 1 aromatic carbocycles. The minimum Gasteiger partial charge on any atom is -0.480 e. The van der Waals surface area contributed by atoms with Crippen LogP contribution in [0.3, 0.4) is 0 Å². The zero-order valence-corrected chi connectivity index (χ0v) is 9.48. The van der Waals surface area contributed by atoms with Crippen molar-refractivity contribution in [3.8, 4) is 5.75 Å². The number of ether oxygens (including phenoxy) is 1. The maximum atomic E-state index is 12.0. The standard InChI is InChI=1S/C13H15NO3/c15-8-13(5-6-13)14-12(16)11-7-9-3-1-2-4-10(9)17-11/h1-4,11,15H,5-8H2,(H,14,16). The Morgan fingerprint density at radius 2 is 2.24 bits per heavy atom. The predicted octanol–water partition coefficient (Wildman–Crippen LogP) is 0.631. The van der Waals surface area contributed by atoms with Crippen molar-refractivity contribution in [2.75, 3.05) is 6.61 Å². The van der Waals surface area contributed by atoms with E-state index in [1.54, 1.807) is 0 Å². The molecule has 4 nitrogen and oxygen atoms in total. The van der Waals surface area contributed by atoms with E-state index in [-0.39, 0.29) is 18.1 Å². The van der Waals surface area contributed by atoms with E-state index in [9.17, 15) is 4.79 Å². The summed E-state index contributed by atoms with van der Waals surface area (Å²) in [6, 6.07) is 7.69. The van der Waals surface area contributed by atoms with Crippen LogP contribution in [0.1, 0.15) is 18.4 Å². The fraction of sp³-hybridized carbons (Fsp3) is 0.462. The van der Waals surface area contributed by atoms with E-state index in [4.69, 9.17) is 9.84 Å². The maximum Gasteiger partial charge on any atom is 0.261 e. The molecule has 2 aliphatic rings. The van der Waals surface area contributed by atoms with Crippen LogP contribution in [0.25, 0.3) is 0 Å². The summed E-state index contributed by atoms with van der Waals surface area (Å²) in [5, 5.41) is 12.0. The molecule has 0 aromatic heterocycles. The van der Waals surface area contributed by atoms with Gasteiger partial charge in [0, 0.05) is 6.42 Å². The van der Waals surface area contributed by atoms with Crippen LogP contribution in [0, 0.1) is 0 Å². The first-order chi connectivity index (χ1) is 8.22. The van der Waals surface area contributed by atoms with Crippen molar-refractivity contribution in [3.05, 3.63) is 29.8 Å². The molecular weight excluding hydrogens is 218 g/mol. The normalized spacial score (nSPS) is 23.7. The van der Waals surface area contributed by atoms with Crippen molar-refractivity contribution in [2.45, 2.75) is 30.9 Å². The van der Waals surface area contributed by atoms with Gasteiger partial charge in [-0.25, -0.2) is 0 Å². The zero-order chi connectivity index (χ0) is 11.9. The van der Waals surface area contributed by atoms with E-state index in [0.717, 1.165) is 24.2 Å². The first-order valence-electron chi connectivity index (χ1n) is 5.90. The Morgan fingerprint density at radius 1 is 1.47 bits per heavy atom. The van der Waals surface area contributed by atoms with Crippen LogP contribution in [0.15, 0.2) is 24.3 Å². The molecule has 1 aliphatic heterocycles. The number of rotatable bonds is 3. The average Bonchev–Trinajstić information content (AvgIpc) is 2.98. The minimum atomic E-state index is -0.448. The number of nitrogens with one attached hydrogen (secondary N) is 1. The van der Waals surface area contributed by atoms with Crippen molar-refractivity contribution < 1.29 is 14.6 Å². The van der Waals surface area contributed by atoms with Gasteiger partial charge in [-0.05, 0) is 24.5 Å². The lowest BCUT2D eigenvalue weighted by atomic mass is 10.1. The van der Waals surface area contributed by atoms with E-state index in [1.807, 2.05) is 24.3 Å². The number of aliphatic hydroxyl groups excluding tert-OH is 1. The van der Waals surface area contributed by atoms with Gasteiger partial charge in [-0.3, -0.25) is 4.79 Å². The molecule has 1 aromatic rings. The lowest BCUT2D eigenvalue weighted by molar-refractivity contribution is -0.128. The Hall–Kier alpha value is -1.55. The number of hydrogen-bond donors (Lipinski definition) is 2. The van der Waals surface area contributed by atoms with E-state index in [2.05, 4.69) is 5.32 Å². The van der Waals surface area contributed by atoms with E-state index < -0.39 is 6.10 Å². The third kappa shape index (κ3) is 1.89. The Bertz CT molecular complexity index is 429. The number of benzene rings is 1. The molecule has 0 saturated heterocycles. The molecule has 0 radical (unpaired) electrons. The van der Waals surface area contributed by atoms with Gasteiger partial charge in [0.15, 0.2) is 6.10 Å². The van der Waals surface area contributed by atoms with Gasteiger partial charge >= 0.3 is 0 Å². The van der Waals surface area contributed by atoms with E-state index in [0.29, 0.717) is 6.42 Å². The van der Waals surface area contributed by atoms with E-state index in [1.165, 1.54) is 0 Å². The van der Waals surface area contributed by atoms with Crippen LogP contribution in [-0.4, -0.2) is 29.3 Å². The Kier molecular flexibility index (Phi) is 2.33. The van der Waals surface area contributed by atoms with Gasteiger partial charge in [-0.2, -0.15) is 0 Å². The molecule has 0 spiro atoms. The van der Waals surface area contributed by atoms with Crippen molar-refractivity contribution in [1.82, 2.24) is 5.32 Å². The smallest absolute Gasteiger partial charge is 0.261 e. The molecular formula is C13H15NO3. The lowest BCUT2D eigenvalue weighted by Gasteiger charge is -2.17. The van der Waals surface area contributed by atoms with Crippen LogP contribution in [0.2, 0.25) is 0 Å². The van der Waals surface area contributed by atoms with Gasteiger partial charge < -0.3 is 15.2 Å². The number of hydrogen-bond acceptors (Lipinski definition) is 3. The van der Waals surface area contributed by atoms with Crippen molar-refractivity contribution in [2.24, 2.45) is 0 Å². The topological polar surface area (TPSA) is 58.6 Å². The molecule has 1 atom stereocenters. The highest BCUT2D eigenvalue weighted by Gasteiger charge is 2.45. The Morgan fingerprint density at radius 3 is 2.88 bits per heavy atom. The number of carbonyl (C=O) groups is 1. The van der Waals surface area contributed by atoms with Crippen molar-refractivity contribution in [3.63, 3.8) is 0 Å². The van der Waals surface area contributed by atoms with Gasteiger partial charge in [0.05, 0.1) is 12.1 Å². The van der Waals surface area contributed by atoms with Gasteiger partial charge in [0.2, 0.25) is 0 Å². The van der Waals surface area contributed by atoms with Gasteiger partial charge in [-0.1, -0.05) is 18.2 Å². The summed E-state index contributed by atoms with van der Waals surface area (Å²) in [6.45, 7) is 0.0123. The maximum absolute atomic E-state index is 12.0. The van der Waals surface area contributed by atoms with Crippen LogP contribution in [0.4, 0.5) is 0 Å². The summed E-state index contributed by atoms with van der Waals surface area (Å²) in [7, 11) is 0. The quantitative estimate of drug-likeness (QED) is 0.805. The van der Waals surface area contributed by atoms with E-state index >= 15 is 0 Å². The second kappa shape index (κ2) is 3.74. The number of aliphatic hydroxyl groups is 1. The summed E-state index contributed by atoms with van der Waals surface area (Å²) in [4.78, 5) is 12.0. The number of fused-ring (bicyclic) bond motifs is 1. The Labute approximate surface area is 99.6 Å². The fourth-order valence-corrected chi connectivity index (χ4v) is 2.14. The van der Waals surface area contributed by atoms with Crippen LogP contribution in [-0.2, 0) is 11.2 Å². The number of amides is 1. The summed E-state index contributed by atoms with van der Waals surface area (Å²) in [5.41, 5.74) is 0.705. The summed E-state index contributed by atoms with van der Waals surface area (Å²) in [5.74, 6) is 0.675. The first kappa shape index (κ1) is 10.6. The second-order valence-corrected chi connectivity index (χ2v) is 4.85. The van der Waals surface area contributed by atoms with Gasteiger partial charge in [0.1, 0.15) is 5.75 Å².